The van der Waals surface area contributed by atoms with Gasteiger partial charge in [-0.25, -0.2) is 15.0 Å². The van der Waals surface area contributed by atoms with E-state index >= 15 is 0 Å². The van der Waals surface area contributed by atoms with Gasteiger partial charge in [0.25, 0.3) is 0 Å². The van der Waals surface area contributed by atoms with Gasteiger partial charge >= 0.3 is 6.18 Å². The van der Waals surface area contributed by atoms with Crippen LogP contribution in [-0.4, -0.2) is 52.6 Å². The van der Waals surface area contributed by atoms with Crippen LogP contribution < -0.4 is 10.2 Å². The molecule has 0 spiro atoms. The SMILES string of the molecule is CCN1CCN(c2cc(-c3cc(C)cc(Nc4nccc(C(F)(F)F)n4)c3)ccn2)CC1. The molecule has 1 N–H and O–H groups in total. The van der Waals surface area contributed by atoms with E-state index in [1.165, 1.54) is 0 Å². The van der Waals surface area contributed by atoms with E-state index in [2.05, 4.69) is 43.1 Å². The molecular formula is C23H25F3N6. The van der Waals surface area contributed by atoms with Crippen LogP contribution in [-0.2, 0) is 6.18 Å². The van der Waals surface area contributed by atoms with Crippen molar-refractivity contribution in [2.75, 3.05) is 42.9 Å². The third-order valence-corrected chi connectivity index (χ3v) is 5.50. The number of rotatable bonds is 5. The molecule has 32 heavy (non-hydrogen) atoms. The quantitative estimate of drug-likeness (QED) is 0.615. The summed E-state index contributed by atoms with van der Waals surface area (Å²) in [5, 5.41) is 2.90. The number of aryl methyl sites for hydroxylation is 1. The zero-order valence-corrected chi connectivity index (χ0v) is 18.0. The zero-order chi connectivity index (χ0) is 22.7. The van der Waals surface area contributed by atoms with Crippen LogP contribution in [0, 0.1) is 6.92 Å². The van der Waals surface area contributed by atoms with E-state index in [1.807, 2.05) is 31.2 Å². The van der Waals surface area contributed by atoms with Crippen LogP contribution in [0.25, 0.3) is 11.1 Å². The summed E-state index contributed by atoms with van der Waals surface area (Å²) in [4.78, 5) is 16.8. The Balaban J connectivity index is 1.57. The molecule has 0 atom stereocenters. The third kappa shape index (κ3) is 5.16. The number of aromatic nitrogens is 3. The summed E-state index contributed by atoms with van der Waals surface area (Å²) in [7, 11) is 0. The molecule has 1 aliphatic rings. The maximum absolute atomic E-state index is 13.0. The summed E-state index contributed by atoms with van der Waals surface area (Å²) < 4.78 is 38.9. The normalized spacial score (nSPS) is 15.1. The number of hydrogen-bond donors (Lipinski definition) is 1. The van der Waals surface area contributed by atoms with Crippen LogP contribution >= 0.6 is 0 Å². The highest BCUT2D eigenvalue weighted by Crippen LogP contribution is 2.30. The molecule has 0 radical (unpaired) electrons. The lowest BCUT2D eigenvalue weighted by atomic mass is 10.0. The third-order valence-electron chi connectivity index (χ3n) is 5.50. The summed E-state index contributed by atoms with van der Waals surface area (Å²) in [6.07, 6.45) is -1.63. The van der Waals surface area contributed by atoms with Crippen molar-refractivity contribution in [1.29, 1.82) is 0 Å². The van der Waals surface area contributed by atoms with Gasteiger partial charge in [-0.3, -0.25) is 0 Å². The fraction of sp³-hybridized carbons (Fsp3) is 0.348. The van der Waals surface area contributed by atoms with Crippen molar-refractivity contribution in [2.24, 2.45) is 0 Å². The minimum absolute atomic E-state index is 0.0967. The number of likely N-dealkylation sites (N-methyl/N-ethyl adjacent to an activating group) is 1. The van der Waals surface area contributed by atoms with Crippen molar-refractivity contribution in [3.05, 3.63) is 60.0 Å². The Bertz CT molecular complexity index is 1080. The standard InChI is InChI=1S/C23H25F3N6/c1-3-31-8-10-32(11-9-31)21-15-17(4-6-27-21)18-12-16(2)13-19(14-18)29-22-28-7-5-20(30-22)23(24,25)26/h4-7,12-15H,3,8-11H2,1-2H3,(H,28,29,30). The summed E-state index contributed by atoms with van der Waals surface area (Å²) in [5.74, 6) is 0.830. The number of nitrogens with one attached hydrogen (secondary N) is 1. The summed E-state index contributed by atoms with van der Waals surface area (Å²) in [5.41, 5.74) is 2.53. The fourth-order valence-corrected chi connectivity index (χ4v) is 3.79. The van der Waals surface area contributed by atoms with Gasteiger partial charge in [0.1, 0.15) is 11.5 Å². The highest BCUT2D eigenvalue weighted by Gasteiger charge is 2.32. The lowest BCUT2D eigenvalue weighted by Crippen LogP contribution is -2.46. The molecule has 0 amide bonds. The van der Waals surface area contributed by atoms with E-state index in [0.29, 0.717) is 5.69 Å². The number of nitrogens with zero attached hydrogens (tertiary/aromatic N) is 5. The van der Waals surface area contributed by atoms with Crippen molar-refractivity contribution in [3.63, 3.8) is 0 Å². The summed E-state index contributed by atoms with van der Waals surface area (Å²) >= 11 is 0. The first-order chi connectivity index (χ1) is 15.3. The van der Waals surface area contributed by atoms with Gasteiger partial charge in [0.05, 0.1) is 0 Å². The van der Waals surface area contributed by atoms with Crippen LogP contribution in [0.2, 0.25) is 0 Å². The lowest BCUT2D eigenvalue weighted by molar-refractivity contribution is -0.141. The average Bonchev–Trinajstić information content (AvgIpc) is 2.78. The molecule has 1 aromatic carbocycles. The second-order valence-electron chi connectivity index (χ2n) is 7.80. The summed E-state index contributed by atoms with van der Waals surface area (Å²) in [6.45, 7) is 9.04. The first-order valence-electron chi connectivity index (χ1n) is 10.5. The Morgan fingerprint density at radius 1 is 0.938 bits per heavy atom. The van der Waals surface area contributed by atoms with Crippen LogP contribution in [0.3, 0.4) is 0 Å². The number of pyridine rings is 1. The number of alkyl halides is 3. The van der Waals surface area contributed by atoms with Gasteiger partial charge in [-0.05, 0) is 60.5 Å². The molecule has 3 aromatic rings. The maximum Gasteiger partial charge on any atom is 0.433 e. The molecule has 0 unspecified atom stereocenters. The first-order valence-corrected chi connectivity index (χ1v) is 10.5. The van der Waals surface area contributed by atoms with E-state index < -0.39 is 11.9 Å². The van der Waals surface area contributed by atoms with Gasteiger partial charge in [0.15, 0.2) is 0 Å². The molecule has 9 heteroatoms. The van der Waals surface area contributed by atoms with Gasteiger partial charge in [0, 0.05) is 44.3 Å². The second kappa shape index (κ2) is 9.12. The van der Waals surface area contributed by atoms with Gasteiger partial charge < -0.3 is 15.1 Å². The molecule has 0 saturated carbocycles. The van der Waals surface area contributed by atoms with Crippen LogP contribution in [0.15, 0.2) is 48.8 Å². The maximum atomic E-state index is 13.0. The smallest absolute Gasteiger partial charge is 0.354 e. The predicted molar refractivity (Wildman–Crippen MR) is 119 cm³/mol. The molecule has 2 aromatic heterocycles. The monoisotopic (exact) mass is 442 g/mol. The van der Waals surface area contributed by atoms with E-state index in [9.17, 15) is 13.2 Å². The minimum atomic E-state index is -4.52. The van der Waals surface area contributed by atoms with Gasteiger partial charge in [0.2, 0.25) is 5.95 Å². The molecule has 4 rings (SSSR count). The highest BCUT2D eigenvalue weighted by molar-refractivity contribution is 5.72. The largest absolute Gasteiger partial charge is 0.433 e. The van der Waals surface area contributed by atoms with E-state index in [4.69, 9.17) is 0 Å². The Morgan fingerprint density at radius 3 is 2.41 bits per heavy atom. The fourth-order valence-electron chi connectivity index (χ4n) is 3.79. The Kier molecular flexibility index (Phi) is 6.27. The molecule has 1 aliphatic heterocycles. The molecule has 168 valence electrons. The van der Waals surface area contributed by atoms with Crippen molar-refractivity contribution >= 4 is 17.5 Å². The highest BCUT2D eigenvalue weighted by atomic mass is 19.4. The van der Waals surface area contributed by atoms with Crippen molar-refractivity contribution in [2.45, 2.75) is 20.0 Å². The van der Waals surface area contributed by atoms with Gasteiger partial charge in [-0.2, -0.15) is 13.2 Å². The predicted octanol–water partition coefficient (Wildman–Crippen LogP) is 4.75. The first kappa shape index (κ1) is 22.0. The lowest BCUT2D eigenvalue weighted by Gasteiger charge is -2.34. The van der Waals surface area contributed by atoms with Crippen LogP contribution in [0.1, 0.15) is 18.2 Å². The van der Waals surface area contributed by atoms with Gasteiger partial charge in [-0.15, -0.1) is 0 Å². The van der Waals surface area contributed by atoms with E-state index in [0.717, 1.165) is 67.5 Å². The Labute approximate surface area is 185 Å². The van der Waals surface area contributed by atoms with Crippen molar-refractivity contribution < 1.29 is 13.2 Å². The van der Waals surface area contributed by atoms with E-state index in [1.54, 1.807) is 6.20 Å². The molecule has 1 fully saturated rings. The van der Waals surface area contributed by atoms with Crippen molar-refractivity contribution in [3.8, 4) is 11.1 Å². The average molecular weight is 442 g/mol. The molecule has 0 bridgehead atoms. The summed E-state index contributed by atoms with van der Waals surface area (Å²) in [6, 6.07) is 10.6. The van der Waals surface area contributed by atoms with E-state index in [-0.39, 0.29) is 5.95 Å². The molecule has 0 aliphatic carbocycles. The number of hydrogen-bond acceptors (Lipinski definition) is 6. The Morgan fingerprint density at radius 2 is 1.69 bits per heavy atom. The number of piperazine rings is 1. The minimum Gasteiger partial charge on any atom is -0.354 e. The molecular weight excluding hydrogens is 417 g/mol. The number of halogens is 3. The van der Waals surface area contributed by atoms with Crippen LogP contribution in [0.4, 0.5) is 30.6 Å². The van der Waals surface area contributed by atoms with Gasteiger partial charge in [-0.1, -0.05) is 13.0 Å². The molecule has 3 heterocycles. The van der Waals surface area contributed by atoms with Crippen LogP contribution in [0.5, 0.6) is 0 Å². The molecule has 1 saturated heterocycles. The number of benzene rings is 1. The van der Waals surface area contributed by atoms with Crippen molar-refractivity contribution in [1.82, 2.24) is 19.9 Å². The number of anilines is 3. The zero-order valence-electron chi connectivity index (χ0n) is 18.0. The second-order valence-corrected chi connectivity index (χ2v) is 7.80. The molecule has 6 nitrogen and oxygen atoms in total. The Hall–Kier alpha value is -3.20. The topological polar surface area (TPSA) is 57.2 Å².